The minimum Gasteiger partial charge on any atom is -0.503 e. The number of Topliss-reactive ketones (excluding diaryl/α,β-unsaturated/α-hetero) is 1. The molecule has 0 fully saturated rings. The van der Waals surface area contributed by atoms with Crippen molar-refractivity contribution in [1.82, 2.24) is 14.9 Å². The van der Waals surface area contributed by atoms with Crippen LogP contribution in [0.2, 0.25) is 10.0 Å². The number of carbonyl (C=O) groups excluding carboxylic acids is 2. The molecule has 1 aromatic carbocycles. The van der Waals surface area contributed by atoms with Gasteiger partial charge in [-0.15, -0.1) is 11.3 Å². The highest BCUT2D eigenvalue weighted by molar-refractivity contribution is 7.14. The van der Waals surface area contributed by atoms with Crippen molar-refractivity contribution in [2.75, 3.05) is 0 Å². The molecule has 1 aliphatic heterocycles. The topological polar surface area (TPSA) is 83.4 Å². The summed E-state index contributed by atoms with van der Waals surface area (Å²) in [6, 6.07) is 7.54. The van der Waals surface area contributed by atoms with Crippen molar-refractivity contribution in [2.24, 2.45) is 0 Å². The van der Waals surface area contributed by atoms with Gasteiger partial charge in [-0.3, -0.25) is 14.6 Å². The molecule has 1 atom stereocenters. The number of amides is 1. The number of rotatable bonds is 5. The van der Waals surface area contributed by atoms with Gasteiger partial charge in [0.25, 0.3) is 5.91 Å². The summed E-state index contributed by atoms with van der Waals surface area (Å²) in [6.45, 7) is 3.62. The van der Waals surface area contributed by atoms with Crippen LogP contribution in [0, 0.1) is 13.8 Å². The van der Waals surface area contributed by atoms with E-state index in [2.05, 4.69) is 9.97 Å². The summed E-state index contributed by atoms with van der Waals surface area (Å²) in [5.41, 5.74) is 1.59. The van der Waals surface area contributed by atoms with Gasteiger partial charge in [0, 0.05) is 34.5 Å². The van der Waals surface area contributed by atoms with Crippen LogP contribution in [0.4, 0.5) is 0 Å². The van der Waals surface area contributed by atoms with Crippen LogP contribution in [0.5, 0.6) is 0 Å². The van der Waals surface area contributed by atoms with Gasteiger partial charge < -0.3 is 10.0 Å². The third-order valence-electron chi connectivity index (χ3n) is 5.01. The van der Waals surface area contributed by atoms with Crippen LogP contribution >= 0.6 is 34.5 Å². The summed E-state index contributed by atoms with van der Waals surface area (Å²) in [5, 5.41) is 12.1. The van der Waals surface area contributed by atoms with E-state index in [0.717, 1.165) is 5.56 Å². The van der Waals surface area contributed by atoms with Crippen molar-refractivity contribution in [3.8, 4) is 0 Å². The van der Waals surface area contributed by atoms with Gasteiger partial charge in [0.1, 0.15) is 0 Å². The van der Waals surface area contributed by atoms with Gasteiger partial charge in [-0.25, -0.2) is 4.98 Å². The fraction of sp³-hybridized carbons (Fsp3) is 0.182. The first-order chi connectivity index (χ1) is 14.8. The molecular formula is C22H17Cl2N3O3S. The predicted octanol–water partition coefficient (Wildman–Crippen LogP) is 5.24. The van der Waals surface area contributed by atoms with Crippen molar-refractivity contribution in [2.45, 2.75) is 26.4 Å². The molecule has 0 saturated heterocycles. The van der Waals surface area contributed by atoms with Gasteiger partial charge in [-0.2, -0.15) is 0 Å². The van der Waals surface area contributed by atoms with Crippen molar-refractivity contribution in [3.63, 3.8) is 0 Å². The number of carbonyl (C=O) groups is 2. The Balaban J connectivity index is 1.88. The molecule has 1 aliphatic rings. The normalized spacial score (nSPS) is 16.3. The first-order valence-electron chi connectivity index (χ1n) is 9.35. The van der Waals surface area contributed by atoms with E-state index in [9.17, 15) is 14.7 Å². The monoisotopic (exact) mass is 473 g/mol. The molecule has 0 bridgehead atoms. The SMILES string of the molecule is Cc1nc(C)c(C(=O)C2=C(O)C(=O)N(Cc3cccnc3)C2c2c(Cl)cccc2Cl)s1. The van der Waals surface area contributed by atoms with Crippen molar-refractivity contribution in [1.29, 1.82) is 0 Å². The van der Waals surface area contributed by atoms with Gasteiger partial charge in [-0.1, -0.05) is 35.3 Å². The second-order valence-corrected chi connectivity index (χ2v) is 9.09. The molecule has 3 aromatic rings. The molecule has 1 amide bonds. The number of pyridine rings is 1. The second kappa shape index (κ2) is 8.42. The summed E-state index contributed by atoms with van der Waals surface area (Å²) in [4.78, 5) is 36.7. The molecule has 0 spiro atoms. The van der Waals surface area contributed by atoms with Crippen LogP contribution in [0.25, 0.3) is 0 Å². The van der Waals surface area contributed by atoms with E-state index in [-0.39, 0.29) is 12.1 Å². The standard InChI is InChI=1S/C22H17Cl2N3O3S/c1-11-21(31-12(2)26-11)19(28)17-18(16-14(23)6-3-7-15(16)24)27(22(30)20(17)29)10-13-5-4-8-25-9-13/h3-9,18,29H,10H2,1-2H3. The summed E-state index contributed by atoms with van der Waals surface area (Å²) in [6.07, 6.45) is 3.24. The Hall–Kier alpha value is -2.74. The van der Waals surface area contributed by atoms with Crippen molar-refractivity contribution < 1.29 is 14.7 Å². The summed E-state index contributed by atoms with van der Waals surface area (Å²) >= 11 is 14.1. The number of aromatic nitrogens is 2. The van der Waals surface area contributed by atoms with E-state index in [1.54, 1.807) is 56.6 Å². The lowest BCUT2D eigenvalue weighted by molar-refractivity contribution is -0.130. The fourth-order valence-corrected chi connectivity index (χ4v) is 5.15. The zero-order valence-corrected chi connectivity index (χ0v) is 18.9. The minimum atomic E-state index is -0.955. The highest BCUT2D eigenvalue weighted by Crippen LogP contribution is 2.45. The number of benzene rings is 1. The number of halogens is 2. The highest BCUT2D eigenvalue weighted by atomic mass is 35.5. The van der Waals surface area contributed by atoms with Gasteiger partial charge in [-0.05, 0) is 37.6 Å². The molecule has 31 heavy (non-hydrogen) atoms. The number of aliphatic hydroxyl groups excluding tert-OH is 1. The Kier molecular flexibility index (Phi) is 5.83. The third kappa shape index (κ3) is 3.84. The lowest BCUT2D eigenvalue weighted by atomic mass is 9.94. The molecule has 0 saturated carbocycles. The summed E-state index contributed by atoms with van der Waals surface area (Å²) < 4.78 is 0. The number of hydrogen-bond donors (Lipinski definition) is 1. The maximum absolute atomic E-state index is 13.5. The Morgan fingerprint density at radius 2 is 1.90 bits per heavy atom. The maximum Gasteiger partial charge on any atom is 0.290 e. The van der Waals surface area contributed by atoms with Crippen LogP contribution in [0.1, 0.15) is 37.5 Å². The van der Waals surface area contributed by atoms with E-state index in [0.29, 0.717) is 31.2 Å². The number of aliphatic hydroxyl groups is 1. The molecule has 1 unspecified atom stereocenters. The molecule has 158 valence electrons. The minimum absolute atomic E-state index is 0.0596. The van der Waals surface area contributed by atoms with E-state index in [4.69, 9.17) is 23.2 Å². The summed E-state index contributed by atoms with van der Waals surface area (Å²) in [5.74, 6) is -1.75. The molecule has 0 radical (unpaired) electrons. The van der Waals surface area contributed by atoms with Crippen LogP contribution in [-0.2, 0) is 11.3 Å². The lowest BCUT2D eigenvalue weighted by Gasteiger charge is -2.28. The molecular weight excluding hydrogens is 457 g/mol. The Labute approximate surface area is 192 Å². The van der Waals surface area contributed by atoms with Crippen LogP contribution in [0.15, 0.2) is 54.1 Å². The third-order valence-corrected chi connectivity index (χ3v) is 6.74. The number of ketones is 1. The van der Waals surface area contributed by atoms with E-state index in [1.165, 1.54) is 16.2 Å². The number of nitrogens with zero attached hydrogens (tertiary/aromatic N) is 3. The van der Waals surface area contributed by atoms with E-state index >= 15 is 0 Å². The van der Waals surface area contributed by atoms with Gasteiger partial charge in [0.2, 0.25) is 5.78 Å². The Bertz CT molecular complexity index is 1200. The van der Waals surface area contributed by atoms with Crippen LogP contribution < -0.4 is 0 Å². The zero-order valence-electron chi connectivity index (χ0n) is 16.6. The Morgan fingerprint density at radius 3 is 2.48 bits per heavy atom. The second-order valence-electron chi connectivity index (χ2n) is 7.07. The number of aryl methyl sites for hydroxylation is 2. The van der Waals surface area contributed by atoms with Crippen LogP contribution in [0.3, 0.4) is 0 Å². The number of thiazole rings is 1. The maximum atomic E-state index is 13.5. The van der Waals surface area contributed by atoms with Crippen LogP contribution in [-0.4, -0.2) is 31.7 Å². The lowest BCUT2D eigenvalue weighted by Crippen LogP contribution is -2.31. The van der Waals surface area contributed by atoms with Crippen molar-refractivity contribution >= 4 is 46.2 Å². The average Bonchev–Trinajstić information content (AvgIpc) is 3.19. The van der Waals surface area contributed by atoms with Gasteiger partial charge >= 0.3 is 0 Å². The highest BCUT2D eigenvalue weighted by Gasteiger charge is 2.46. The molecule has 4 rings (SSSR count). The van der Waals surface area contributed by atoms with E-state index < -0.39 is 23.5 Å². The molecule has 2 aromatic heterocycles. The molecule has 0 aliphatic carbocycles. The largest absolute Gasteiger partial charge is 0.503 e. The predicted molar refractivity (Wildman–Crippen MR) is 120 cm³/mol. The first kappa shape index (κ1) is 21.5. The molecule has 9 heteroatoms. The molecule has 6 nitrogen and oxygen atoms in total. The smallest absolute Gasteiger partial charge is 0.290 e. The van der Waals surface area contributed by atoms with Gasteiger partial charge in [0.05, 0.1) is 27.2 Å². The van der Waals surface area contributed by atoms with E-state index in [1.807, 2.05) is 0 Å². The van der Waals surface area contributed by atoms with Gasteiger partial charge in [0.15, 0.2) is 5.76 Å². The Morgan fingerprint density at radius 1 is 1.19 bits per heavy atom. The zero-order chi connectivity index (χ0) is 22.3. The fourth-order valence-electron chi connectivity index (χ4n) is 3.67. The summed E-state index contributed by atoms with van der Waals surface area (Å²) in [7, 11) is 0. The first-order valence-corrected chi connectivity index (χ1v) is 10.9. The van der Waals surface area contributed by atoms with Crippen molar-refractivity contribution in [3.05, 3.63) is 90.8 Å². The number of hydrogen-bond acceptors (Lipinski definition) is 6. The molecule has 3 heterocycles. The molecule has 1 N–H and O–H groups in total. The average molecular weight is 474 g/mol. The quantitative estimate of drug-likeness (QED) is 0.512.